The lowest BCUT2D eigenvalue weighted by atomic mass is 10.2. The molecule has 7 heteroatoms. The summed E-state index contributed by atoms with van der Waals surface area (Å²) < 4.78 is 26.9. The van der Waals surface area contributed by atoms with Crippen molar-refractivity contribution in [2.24, 2.45) is 5.73 Å². The van der Waals surface area contributed by atoms with Crippen LogP contribution in [0.25, 0.3) is 0 Å². The molecular formula is C13H13N3O2S2. The number of anilines is 1. The van der Waals surface area contributed by atoms with Crippen molar-refractivity contribution in [3.05, 3.63) is 40.9 Å². The van der Waals surface area contributed by atoms with E-state index in [-0.39, 0.29) is 11.4 Å². The van der Waals surface area contributed by atoms with Gasteiger partial charge >= 0.3 is 0 Å². The van der Waals surface area contributed by atoms with Crippen LogP contribution in [0.2, 0.25) is 0 Å². The first-order chi connectivity index (χ1) is 9.51. The molecule has 0 atom stereocenters. The molecule has 0 spiro atoms. The highest BCUT2D eigenvalue weighted by atomic mass is 32.2. The first kappa shape index (κ1) is 14.5. The number of thiazole rings is 1. The van der Waals surface area contributed by atoms with E-state index in [4.69, 9.17) is 5.73 Å². The van der Waals surface area contributed by atoms with E-state index >= 15 is 0 Å². The van der Waals surface area contributed by atoms with Crippen LogP contribution in [-0.2, 0) is 10.0 Å². The van der Waals surface area contributed by atoms with E-state index in [1.165, 1.54) is 23.5 Å². The van der Waals surface area contributed by atoms with Gasteiger partial charge in [0.25, 0.3) is 10.0 Å². The van der Waals surface area contributed by atoms with Crippen molar-refractivity contribution < 1.29 is 8.42 Å². The lowest BCUT2D eigenvalue weighted by Gasteiger charge is -2.05. The molecule has 0 unspecified atom stereocenters. The molecular weight excluding hydrogens is 294 g/mol. The van der Waals surface area contributed by atoms with Crippen LogP contribution in [0.5, 0.6) is 0 Å². The minimum absolute atomic E-state index is 0.147. The van der Waals surface area contributed by atoms with Gasteiger partial charge in [0.15, 0.2) is 5.13 Å². The highest BCUT2D eigenvalue weighted by Crippen LogP contribution is 2.20. The highest BCUT2D eigenvalue weighted by Gasteiger charge is 2.15. The van der Waals surface area contributed by atoms with Gasteiger partial charge in [0.05, 0.1) is 17.1 Å². The van der Waals surface area contributed by atoms with E-state index in [0.717, 1.165) is 5.69 Å². The van der Waals surface area contributed by atoms with Crippen molar-refractivity contribution in [3.63, 3.8) is 0 Å². The Morgan fingerprint density at radius 1 is 1.45 bits per heavy atom. The molecule has 3 N–H and O–H groups in total. The fourth-order valence-electron chi connectivity index (χ4n) is 1.47. The fraction of sp³-hybridized carbons (Fsp3) is 0.154. The van der Waals surface area contributed by atoms with E-state index in [1.807, 2.05) is 0 Å². The molecule has 2 rings (SSSR count). The highest BCUT2D eigenvalue weighted by molar-refractivity contribution is 7.93. The zero-order chi connectivity index (χ0) is 14.6. The van der Waals surface area contributed by atoms with Crippen molar-refractivity contribution in [2.75, 3.05) is 11.3 Å². The summed E-state index contributed by atoms with van der Waals surface area (Å²) in [4.78, 5) is 4.22. The SMILES string of the molecule is Cc1csc(NS(=O)(=O)c2cccc(C#CCN)c2)n1. The van der Waals surface area contributed by atoms with E-state index in [9.17, 15) is 8.42 Å². The van der Waals surface area contributed by atoms with Crippen molar-refractivity contribution >= 4 is 26.5 Å². The summed E-state index contributed by atoms with van der Waals surface area (Å²) in [5.74, 6) is 5.49. The summed E-state index contributed by atoms with van der Waals surface area (Å²) in [6.07, 6.45) is 0. The van der Waals surface area contributed by atoms with Gasteiger partial charge in [0.1, 0.15) is 0 Å². The molecule has 0 saturated heterocycles. The zero-order valence-corrected chi connectivity index (χ0v) is 12.4. The number of aryl methyl sites for hydroxylation is 1. The summed E-state index contributed by atoms with van der Waals surface area (Å²) in [7, 11) is -3.65. The quantitative estimate of drug-likeness (QED) is 0.843. The number of nitrogens with zero attached hydrogens (tertiary/aromatic N) is 1. The van der Waals surface area contributed by atoms with E-state index in [1.54, 1.807) is 24.4 Å². The molecule has 5 nitrogen and oxygen atoms in total. The number of nitrogens with two attached hydrogens (primary N) is 1. The molecule has 1 aromatic heterocycles. The van der Waals surface area contributed by atoms with Gasteiger partial charge in [-0.3, -0.25) is 4.72 Å². The molecule has 0 amide bonds. The van der Waals surface area contributed by atoms with Gasteiger partial charge < -0.3 is 5.73 Å². The second kappa shape index (κ2) is 6.05. The Morgan fingerprint density at radius 2 is 2.25 bits per heavy atom. The van der Waals surface area contributed by atoms with Crippen molar-refractivity contribution in [2.45, 2.75) is 11.8 Å². The molecule has 0 aliphatic heterocycles. The Labute approximate surface area is 121 Å². The maximum absolute atomic E-state index is 12.2. The fourth-order valence-corrected chi connectivity index (χ4v) is 3.46. The average molecular weight is 307 g/mol. The minimum atomic E-state index is -3.65. The molecule has 1 aromatic carbocycles. The normalized spacial score (nSPS) is 10.7. The number of hydrogen-bond donors (Lipinski definition) is 2. The van der Waals surface area contributed by atoms with Crippen LogP contribution in [0.15, 0.2) is 34.5 Å². The third-order valence-corrected chi connectivity index (χ3v) is 4.66. The van der Waals surface area contributed by atoms with Gasteiger partial charge in [-0.2, -0.15) is 0 Å². The Hall–Kier alpha value is -1.88. The largest absolute Gasteiger partial charge is 0.320 e. The second-order valence-electron chi connectivity index (χ2n) is 3.93. The predicted octanol–water partition coefficient (Wildman–Crippen LogP) is 1.56. The summed E-state index contributed by atoms with van der Waals surface area (Å²) in [6, 6.07) is 6.39. The number of sulfonamides is 1. The number of nitrogens with one attached hydrogen (secondary N) is 1. The molecule has 0 aliphatic rings. The molecule has 0 fully saturated rings. The van der Waals surface area contributed by atoms with Gasteiger partial charge in [0, 0.05) is 10.9 Å². The lowest BCUT2D eigenvalue weighted by Crippen LogP contribution is -2.12. The maximum atomic E-state index is 12.2. The zero-order valence-electron chi connectivity index (χ0n) is 10.8. The molecule has 104 valence electrons. The van der Waals surface area contributed by atoms with Crippen LogP contribution >= 0.6 is 11.3 Å². The van der Waals surface area contributed by atoms with Gasteiger partial charge in [-0.25, -0.2) is 13.4 Å². The Balaban J connectivity index is 2.29. The smallest absolute Gasteiger partial charge is 0.263 e. The standard InChI is InChI=1S/C13H13N3O2S2/c1-10-9-19-13(15-10)16-20(17,18)12-6-2-4-11(8-12)5-3-7-14/h2,4,6,8-9H,7,14H2,1H3,(H,15,16). The van der Waals surface area contributed by atoms with Crippen molar-refractivity contribution in [1.29, 1.82) is 0 Å². The molecule has 0 saturated carbocycles. The third kappa shape index (κ3) is 3.57. The molecule has 20 heavy (non-hydrogen) atoms. The number of rotatable bonds is 3. The number of aromatic nitrogens is 1. The molecule has 0 radical (unpaired) electrons. The average Bonchev–Trinajstić information content (AvgIpc) is 2.81. The predicted molar refractivity (Wildman–Crippen MR) is 80.0 cm³/mol. The van der Waals surface area contributed by atoms with Gasteiger partial charge in [-0.15, -0.1) is 11.3 Å². The van der Waals surface area contributed by atoms with Crippen molar-refractivity contribution in [1.82, 2.24) is 4.98 Å². The van der Waals surface area contributed by atoms with Crippen LogP contribution in [0.1, 0.15) is 11.3 Å². The minimum Gasteiger partial charge on any atom is -0.320 e. The topological polar surface area (TPSA) is 85.1 Å². The molecule has 2 aromatic rings. The van der Waals surface area contributed by atoms with E-state index in [2.05, 4.69) is 21.5 Å². The van der Waals surface area contributed by atoms with Crippen LogP contribution in [0, 0.1) is 18.8 Å². The summed E-state index contributed by atoms with van der Waals surface area (Å²) >= 11 is 1.24. The van der Waals surface area contributed by atoms with Crippen LogP contribution < -0.4 is 10.5 Å². The Kier molecular flexibility index (Phi) is 4.39. The molecule has 0 aliphatic carbocycles. The second-order valence-corrected chi connectivity index (χ2v) is 6.47. The summed E-state index contributed by atoms with van der Waals surface area (Å²) in [5.41, 5.74) is 6.67. The summed E-state index contributed by atoms with van der Waals surface area (Å²) in [5, 5.41) is 2.13. The Bertz CT molecular complexity index is 770. The van der Waals surface area contributed by atoms with Gasteiger partial charge in [0.2, 0.25) is 0 Å². The monoisotopic (exact) mass is 307 g/mol. The van der Waals surface area contributed by atoms with Gasteiger partial charge in [-0.05, 0) is 25.1 Å². The maximum Gasteiger partial charge on any atom is 0.263 e. The van der Waals surface area contributed by atoms with Crippen LogP contribution in [-0.4, -0.2) is 19.9 Å². The van der Waals surface area contributed by atoms with E-state index < -0.39 is 10.0 Å². The lowest BCUT2D eigenvalue weighted by molar-refractivity contribution is 0.601. The molecule has 1 heterocycles. The number of benzene rings is 1. The summed E-state index contributed by atoms with van der Waals surface area (Å²) in [6.45, 7) is 2.03. The van der Waals surface area contributed by atoms with Crippen molar-refractivity contribution in [3.8, 4) is 11.8 Å². The molecule has 0 bridgehead atoms. The number of hydrogen-bond acceptors (Lipinski definition) is 5. The third-order valence-electron chi connectivity index (χ3n) is 2.32. The first-order valence-electron chi connectivity index (χ1n) is 5.75. The van der Waals surface area contributed by atoms with Crippen LogP contribution in [0.4, 0.5) is 5.13 Å². The van der Waals surface area contributed by atoms with Gasteiger partial charge in [-0.1, -0.05) is 17.9 Å². The Morgan fingerprint density at radius 3 is 2.90 bits per heavy atom. The van der Waals surface area contributed by atoms with Crippen LogP contribution in [0.3, 0.4) is 0 Å². The van der Waals surface area contributed by atoms with E-state index in [0.29, 0.717) is 10.7 Å². The first-order valence-corrected chi connectivity index (χ1v) is 8.11.